The Labute approximate surface area is 317 Å². The van der Waals surface area contributed by atoms with Crippen LogP contribution in [-0.2, 0) is 14.9 Å². The number of ether oxygens (including phenoxy) is 2. The first kappa shape index (κ1) is 38.9. The van der Waals surface area contributed by atoms with Gasteiger partial charge in [0.05, 0.1) is 37.5 Å². The molecule has 2 atom stereocenters. The minimum atomic E-state index is -0.467. The van der Waals surface area contributed by atoms with Crippen molar-refractivity contribution in [1.29, 1.82) is 0 Å². The second-order valence-corrected chi connectivity index (χ2v) is 15.4. The molecule has 0 saturated carbocycles. The van der Waals surface area contributed by atoms with E-state index in [0.29, 0.717) is 80.7 Å². The van der Waals surface area contributed by atoms with E-state index in [1.54, 1.807) is 0 Å². The molecular formula is C39H48Cl3N5O4. The van der Waals surface area contributed by atoms with E-state index in [2.05, 4.69) is 37.8 Å². The van der Waals surface area contributed by atoms with Crippen molar-refractivity contribution in [3.8, 4) is 5.75 Å². The summed E-state index contributed by atoms with van der Waals surface area (Å²) in [5.74, 6) is 1.34. The van der Waals surface area contributed by atoms with Gasteiger partial charge < -0.3 is 19.3 Å². The van der Waals surface area contributed by atoms with Crippen LogP contribution in [0.2, 0.25) is 10.0 Å². The number of halogens is 3. The molecule has 9 nitrogen and oxygen atoms in total. The zero-order chi connectivity index (χ0) is 35.6. The second kappa shape index (κ2) is 16.6. The van der Waals surface area contributed by atoms with Crippen molar-refractivity contribution in [2.24, 2.45) is 4.99 Å². The number of nitrogens with zero attached hydrogens (tertiary/aromatic N) is 5. The third kappa shape index (κ3) is 9.00. The molecule has 12 heteroatoms. The van der Waals surface area contributed by atoms with Crippen molar-refractivity contribution < 1.29 is 19.1 Å². The minimum Gasteiger partial charge on any atom is -0.490 e. The summed E-state index contributed by atoms with van der Waals surface area (Å²) < 4.78 is 11.9. The van der Waals surface area contributed by atoms with Crippen LogP contribution in [0.15, 0.2) is 71.7 Å². The maximum Gasteiger partial charge on any atom is 0.326 e. The molecule has 2 fully saturated rings. The number of morpholine rings is 1. The van der Waals surface area contributed by atoms with Crippen molar-refractivity contribution in [3.05, 3.63) is 99.0 Å². The van der Waals surface area contributed by atoms with Gasteiger partial charge in [-0.3, -0.25) is 19.6 Å². The molecule has 0 spiro atoms. The molecule has 0 bridgehead atoms. The first-order chi connectivity index (χ1) is 23.9. The molecule has 3 aromatic carbocycles. The Morgan fingerprint density at radius 1 is 0.843 bits per heavy atom. The van der Waals surface area contributed by atoms with Crippen molar-refractivity contribution in [3.63, 3.8) is 0 Å². The molecule has 3 aliphatic heterocycles. The normalized spacial score (nSPS) is 19.9. The molecule has 0 aliphatic carbocycles. The molecule has 6 rings (SSSR count). The molecule has 3 aliphatic rings. The topological polar surface area (TPSA) is 77.9 Å². The summed E-state index contributed by atoms with van der Waals surface area (Å²) in [5, 5.41) is 1.24. The summed E-state index contributed by atoms with van der Waals surface area (Å²) in [6, 6.07) is 20.5. The number of benzene rings is 3. The van der Waals surface area contributed by atoms with Gasteiger partial charge in [-0.05, 0) is 72.4 Å². The maximum atomic E-state index is 15.0. The minimum absolute atomic E-state index is 0. The second-order valence-electron chi connectivity index (χ2n) is 14.5. The summed E-state index contributed by atoms with van der Waals surface area (Å²) in [6.45, 7) is 15.4. The molecule has 3 heterocycles. The lowest BCUT2D eigenvalue weighted by molar-refractivity contribution is -0.136. The Kier molecular flexibility index (Phi) is 12.6. The van der Waals surface area contributed by atoms with E-state index in [9.17, 15) is 9.59 Å². The third-order valence-corrected chi connectivity index (χ3v) is 10.0. The highest BCUT2D eigenvalue weighted by Gasteiger charge is 2.45. The largest absolute Gasteiger partial charge is 0.490 e. The maximum absolute atomic E-state index is 15.0. The number of rotatable bonds is 7. The molecule has 3 aromatic rings. The van der Waals surface area contributed by atoms with Gasteiger partial charge in [-0.25, -0.2) is 4.79 Å². The van der Waals surface area contributed by atoms with Gasteiger partial charge in [-0.2, -0.15) is 0 Å². The van der Waals surface area contributed by atoms with Crippen LogP contribution in [0.1, 0.15) is 69.0 Å². The lowest BCUT2D eigenvalue weighted by atomic mass is 9.86. The zero-order valence-corrected chi connectivity index (χ0v) is 32.3. The molecule has 0 aromatic heterocycles. The van der Waals surface area contributed by atoms with E-state index in [1.807, 2.05) is 83.1 Å². The van der Waals surface area contributed by atoms with Gasteiger partial charge in [0.1, 0.15) is 17.6 Å². The van der Waals surface area contributed by atoms with Gasteiger partial charge in [-0.15, -0.1) is 12.4 Å². The molecule has 0 radical (unpaired) electrons. The molecular weight excluding hydrogens is 709 g/mol. The van der Waals surface area contributed by atoms with Crippen LogP contribution < -0.4 is 4.74 Å². The molecule has 2 saturated heterocycles. The van der Waals surface area contributed by atoms with Gasteiger partial charge in [0.15, 0.2) is 0 Å². The average Bonchev–Trinajstić information content (AvgIpc) is 3.49. The number of hydrogen-bond acceptors (Lipinski definition) is 6. The van der Waals surface area contributed by atoms with E-state index >= 15 is 0 Å². The Morgan fingerprint density at radius 2 is 1.43 bits per heavy atom. The van der Waals surface area contributed by atoms with Gasteiger partial charge in [0, 0.05) is 49.3 Å². The van der Waals surface area contributed by atoms with Crippen LogP contribution in [0, 0.1) is 0 Å². The third-order valence-electron chi connectivity index (χ3n) is 9.51. The quantitative estimate of drug-likeness (QED) is 0.248. The standard InChI is InChI=1S/C39H47Cl2N5O4.ClH/c1-26(2)50-33-24-29(39(3,4)5)10-15-32(33)37-42-35(27-6-11-30(40)12-7-27)36(28-8-13-31(41)14-9-28)46(37)38(48)45-18-16-43(17-19-45)25-34(47)44-20-22-49-23-21-44;/h6-15,24,26,35-36H,16-23,25H2,1-5H3;1H/t35-,36+;/m0./s1. The van der Waals surface area contributed by atoms with E-state index in [1.165, 1.54) is 0 Å². The molecule has 0 unspecified atom stereocenters. The predicted octanol–water partition coefficient (Wildman–Crippen LogP) is 7.64. The average molecular weight is 757 g/mol. The number of carbonyl (C=O) groups is 2. The Hall–Kier alpha value is -3.34. The molecule has 3 amide bonds. The highest BCUT2D eigenvalue weighted by atomic mass is 35.5. The number of piperazine rings is 1. The molecule has 0 N–H and O–H groups in total. The van der Waals surface area contributed by atoms with E-state index in [0.717, 1.165) is 22.3 Å². The number of urea groups is 1. The number of amidine groups is 1. The summed E-state index contributed by atoms with van der Waals surface area (Å²) >= 11 is 12.7. The summed E-state index contributed by atoms with van der Waals surface area (Å²) in [7, 11) is 0. The van der Waals surface area contributed by atoms with Gasteiger partial charge in [0.25, 0.3) is 0 Å². The first-order valence-electron chi connectivity index (χ1n) is 17.5. The van der Waals surface area contributed by atoms with Gasteiger partial charge >= 0.3 is 6.03 Å². The lowest BCUT2D eigenvalue weighted by Crippen LogP contribution is -2.56. The van der Waals surface area contributed by atoms with Crippen LogP contribution in [-0.4, -0.2) is 103 Å². The number of amides is 3. The summed E-state index contributed by atoms with van der Waals surface area (Å²) in [4.78, 5) is 41.1. The van der Waals surface area contributed by atoms with Crippen molar-refractivity contribution in [1.82, 2.24) is 19.6 Å². The van der Waals surface area contributed by atoms with Crippen LogP contribution in [0.25, 0.3) is 0 Å². The smallest absolute Gasteiger partial charge is 0.326 e. The van der Waals surface area contributed by atoms with E-state index in [-0.39, 0.29) is 35.9 Å². The fourth-order valence-corrected chi connectivity index (χ4v) is 6.99. The highest BCUT2D eigenvalue weighted by Crippen LogP contribution is 2.46. The Morgan fingerprint density at radius 3 is 2.00 bits per heavy atom. The zero-order valence-electron chi connectivity index (χ0n) is 30.0. The number of carbonyl (C=O) groups excluding carboxylic acids is 2. The lowest BCUT2D eigenvalue weighted by Gasteiger charge is -2.39. The first-order valence-corrected chi connectivity index (χ1v) is 18.2. The van der Waals surface area contributed by atoms with Crippen molar-refractivity contribution in [2.45, 2.75) is 58.2 Å². The van der Waals surface area contributed by atoms with Crippen molar-refractivity contribution >= 4 is 53.4 Å². The van der Waals surface area contributed by atoms with Crippen LogP contribution >= 0.6 is 35.6 Å². The molecule has 51 heavy (non-hydrogen) atoms. The fraction of sp³-hybridized carbons (Fsp3) is 0.462. The number of hydrogen-bond donors (Lipinski definition) is 0. The van der Waals surface area contributed by atoms with E-state index in [4.69, 9.17) is 37.7 Å². The monoisotopic (exact) mass is 755 g/mol. The Bertz CT molecular complexity index is 1700. The van der Waals surface area contributed by atoms with Crippen molar-refractivity contribution in [2.75, 3.05) is 59.0 Å². The summed E-state index contributed by atoms with van der Waals surface area (Å²) in [6.07, 6.45) is -0.0949. The van der Waals surface area contributed by atoms with Crippen LogP contribution in [0.4, 0.5) is 4.79 Å². The predicted molar refractivity (Wildman–Crippen MR) is 206 cm³/mol. The SMILES string of the molecule is CC(C)Oc1cc(C(C)(C)C)ccc1C1=N[C@@H](c2ccc(Cl)cc2)[C@@H](c2ccc(Cl)cc2)N1C(=O)N1CCN(CC(=O)N2CCOCC2)CC1.Cl. The Balaban J connectivity index is 0.00000504. The van der Waals surface area contributed by atoms with Crippen LogP contribution in [0.3, 0.4) is 0 Å². The van der Waals surface area contributed by atoms with Crippen LogP contribution in [0.5, 0.6) is 5.75 Å². The highest BCUT2D eigenvalue weighted by molar-refractivity contribution is 6.30. The van der Waals surface area contributed by atoms with Gasteiger partial charge in [-0.1, -0.05) is 74.3 Å². The molecule has 274 valence electrons. The van der Waals surface area contributed by atoms with E-state index < -0.39 is 12.1 Å². The fourth-order valence-electron chi connectivity index (χ4n) is 6.73. The van der Waals surface area contributed by atoms with Gasteiger partial charge in [0.2, 0.25) is 5.91 Å². The summed E-state index contributed by atoms with van der Waals surface area (Å²) in [5.41, 5.74) is 3.62. The number of aliphatic imine (C=N–C) groups is 1.